The van der Waals surface area contributed by atoms with E-state index in [1.807, 2.05) is 12.1 Å². The van der Waals surface area contributed by atoms with Crippen molar-refractivity contribution < 1.29 is 9.84 Å². The minimum absolute atomic E-state index is 0.172. The van der Waals surface area contributed by atoms with Crippen LogP contribution in [0.4, 0.5) is 5.82 Å². The average Bonchev–Trinajstić information content (AvgIpc) is 2.53. The van der Waals surface area contributed by atoms with Gasteiger partial charge < -0.3 is 15.6 Å². The first-order valence-electron chi connectivity index (χ1n) is 8.03. The Morgan fingerprint density at radius 1 is 1.38 bits per heavy atom. The Balaban J connectivity index is 2.09. The van der Waals surface area contributed by atoms with Gasteiger partial charge in [0.1, 0.15) is 17.6 Å². The van der Waals surface area contributed by atoms with E-state index in [2.05, 4.69) is 24.9 Å². The summed E-state index contributed by atoms with van der Waals surface area (Å²) in [6.07, 6.45) is 1.67. The number of ether oxygens (including phenoxy) is 1. The molecule has 5 nitrogen and oxygen atoms in total. The number of nitriles is 1. The largest absolute Gasteiger partial charge is 0.508 e. The SMILES string of the molecule is CC1(C)CC(c2cc(-c3cccc(O)c3)nc(N)c2C#N)CCO1. The molecule has 0 amide bonds. The molecule has 1 aromatic heterocycles. The number of anilines is 1. The maximum absolute atomic E-state index is 9.70. The number of phenolic OH excluding ortho intramolecular Hbond substituents is 1. The zero-order valence-corrected chi connectivity index (χ0v) is 13.9. The molecule has 1 saturated heterocycles. The second-order valence-corrected chi connectivity index (χ2v) is 6.82. The first-order valence-corrected chi connectivity index (χ1v) is 8.03. The average molecular weight is 323 g/mol. The van der Waals surface area contributed by atoms with Crippen LogP contribution in [0.25, 0.3) is 11.3 Å². The van der Waals surface area contributed by atoms with Gasteiger partial charge in [0.05, 0.1) is 16.9 Å². The van der Waals surface area contributed by atoms with Crippen LogP contribution < -0.4 is 5.73 Å². The van der Waals surface area contributed by atoms with Gasteiger partial charge in [-0.05, 0) is 56.4 Å². The third-order valence-electron chi connectivity index (χ3n) is 4.47. The van der Waals surface area contributed by atoms with Gasteiger partial charge >= 0.3 is 0 Å². The summed E-state index contributed by atoms with van der Waals surface area (Å²) in [4.78, 5) is 4.36. The molecule has 2 aromatic rings. The number of benzene rings is 1. The van der Waals surface area contributed by atoms with Gasteiger partial charge in [-0.25, -0.2) is 4.98 Å². The molecule has 0 bridgehead atoms. The zero-order chi connectivity index (χ0) is 17.3. The second kappa shape index (κ2) is 6.14. The highest BCUT2D eigenvalue weighted by atomic mass is 16.5. The standard InChI is InChI=1S/C19H21N3O2/c1-19(2)10-13(6-7-24-19)15-9-17(22-18(21)16(15)11-20)12-4-3-5-14(23)8-12/h3-5,8-9,13,23H,6-7,10H2,1-2H3,(H2,21,22). The van der Waals surface area contributed by atoms with Crippen molar-refractivity contribution >= 4 is 5.82 Å². The molecule has 5 heteroatoms. The molecule has 1 aliphatic heterocycles. The van der Waals surface area contributed by atoms with Gasteiger partial charge in [-0.1, -0.05) is 12.1 Å². The summed E-state index contributed by atoms with van der Waals surface area (Å²) in [6, 6.07) is 11.0. The first kappa shape index (κ1) is 16.3. The van der Waals surface area contributed by atoms with E-state index in [1.54, 1.807) is 18.2 Å². The van der Waals surface area contributed by atoms with Crippen LogP contribution in [0.3, 0.4) is 0 Å². The summed E-state index contributed by atoms with van der Waals surface area (Å²) in [5, 5.41) is 19.2. The van der Waals surface area contributed by atoms with Crippen LogP contribution in [-0.4, -0.2) is 22.3 Å². The molecule has 3 rings (SSSR count). The van der Waals surface area contributed by atoms with Gasteiger partial charge in [0.2, 0.25) is 0 Å². The molecular weight excluding hydrogens is 302 g/mol. The van der Waals surface area contributed by atoms with Gasteiger partial charge in [-0.2, -0.15) is 5.26 Å². The smallest absolute Gasteiger partial charge is 0.142 e. The lowest BCUT2D eigenvalue weighted by Gasteiger charge is -2.36. The third-order valence-corrected chi connectivity index (χ3v) is 4.47. The maximum Gasteiger partial charge on any atom is 0.142 e. The van der Waals surface area contributed by atoms with Crippen molar-refractivity contribution in [2.24, 2.45) is 0 Å². The molecule has 2 heterocycles. The fourth-order valence-electron chi connectivity index (χ4n) is 3.34. The van der Waals surface area contributed by atoms with E-state index in [9.17, 15) is 10.4 Å². The van der Waals surface area contributed by atoms with Crippen LogP contribution in [0.15, 0.2) is 30.3 Å². The van der Waals surface area contributed by atoms with Crippen molar-refractivity contribution in [1.29, 1.82) is 5.26 Å². The van der Waals surface area contributed by atoms with Crippen LogP contribution in [0.1, 0.15) is 43.7 Å². The number of nitrogens with two attached hydrogens (primary N) is 1. The minimum Gasteiger partial charge on any atom is -0.508 e. The monoisotopic (exact) mass is 323 g/mol. The van der Waals surface area contributed by atoms with Crippen molar-refractivity contribution in [2.45, 2.75) is 38.2 Å². The minimum atomic E-state index is -0.223. The molecule has 24 heavy (non-hydrogen) atoms. The number of rotatable bonds is 2. The van der Waals surface area contributed by atoms with Crippen LogP contribution in [-0.2, 0) is 4.74 Å². The highest BCUT2D eigenvalue weighted by Crippen LogP contribution is 2.39. The molecule has 0 spiro atoms. The van der Waals surface area contributed by atoms with Gasteiger partial charge in [-0.3, -0.25) is 0 Å². The Hall–Kier alpha value is -2.58. The summed E-state index contributed by atoms with van der Waals surface area (Å²) in [5.74, 6) is 0.605. The highest BCUT2D eigenvalue weighted by Gasteiger charge is 2.31. The summed E-state index contributed by atoms with van der Waals surface area (Å²) >= 11 is 0. The topological polar surface area (TPSA) is 92.2 Å². The Morgan fingerprint density at radius 3 is 2.83 bits per heavy atom. The molecule has 1 atom stereocenters. The second-order valence-electron chi connectivity index (χ2n) is 6.82. The quantitative estimate of drug-likeness (QED) is 0.881. The number of hydrogen-bond acceptors (Lipinski definition) is 5. The van der Waals surface area contributed by atoms with Gasteiger partial charge in [0.15, 0.2) is 0 Å². The van der Waals surface area contributed by atoms with Crippen LogP contribution >= 0.6 is 0 Å². The molecule has 0 aliphatic carbocycles. The Labute approximate surface area is 141 Å². The van der Waals surface area contributed by atoms with Crippen molar-refractivity contribution in [3.05, 3.63) is 41.5 Å². The fraction of sp³-hybridized carbons (Fsp3) is 0.368. The van der Waals surface area contributed by atoms with Gasteiger partial charge in [-0.15, -0.1) is 0 Å². The summed E-state index contributed by atoms with van der Waals surface area (Å²) in [7, 11) is 0. The zero-order valence-electron chi connectivity index (χ0n) is 13.9. The lowest BCUT2D eigenvalue weighted by molar-refractivity contribution is -0.0593. The molecular formula is C19H21N3O2. The van der Waals surface area contributed by atoms with Crippen molar-refractivity contribution in [1.82, 2.24) is 4.98 Å². The van der Waals surface area contributed by atoms with Gasteiger partial charge in [0, 0.05) is 12.2 Å². The number of aromatic nitrogens is 1. The molecule has 0 radical (unpaired) electrons. The summed E-state index contributed by atoms with van der Waals surface area (Å²) in [5.41, 5.74) is 8.64. The van der Waals surface area contributed by atoms with Crippen LogP contribution in [0, 0.1) is 11.3 Å². The van der Waals surface area contributed by atoms with E-state index >= 15 is 0 Å². The number of aromatic hydroxyl groups is 1. The number of nitrogen functional groups attached to an aromatic ring is 1. The Kier molecular flexibility index (Phi) is 4.16. The summed E-state index contributed by atoms with van der Waals surface area (Å²) in [6.45, 7) is 4.78. The predicted octanol–water partition coefficient (Wildman–Crippen LogP) is 3.58. The normalized spacial score (nSPS) is 19.6. The summed E-state index contributed by atoms with van der Waals surface area (Å²) < 4.78 is 5.79. The van der Waals surface area contributed by atoms with Crippen LogP contribution in [0.5, 0.6) is 5.75 Å². The van der Waals surface area contributed by atoms with Crippen molar-refractivity contribution in [3.63, 3.8) is 0 Å². The van der Waals surface area contributed by atoms with E-state index in [1.165, 1.54) is 0 Å². The Bertz CT molecular complexity index is 809. The first-order chi connectivity index (χ1) is 11.4. The van der Waals surface area contributed by atoms with E-state index in [0.29, 0.717) is 17.9 Å². The molecule has 1 unspecified atom stereocenters. The number of pyridine rings is 1. The lowest BCUT2D eigenvalue weighted by atomic mass is 9.81. The third kappa shape index (κ3) is 3.19. The fourth-order valence-corrected chi connectivity index (χ4v) is 3.34. The van der Waals surface area contributed by atoms with Crippen molar-refractivity contribution in [2.75, 3.05) is 12.3 Å². The van der Waals surface area contributed by atoms with E-state index in [4.69, 9.17) is 10.5 Å². The number of nitrogens with zero attached hydrogens (tertiary/aromatic N) is 2. The molecule has 0 saturated carbocycles. The number of phenols is 1. The number of hydrogen-bond donors (Lipinski definition) is 2. The maximum atomic E-state index is 9.70. The predicted molar refractivity (Wildman–Crippen MR) is 92.5 cm³/mol. The molecule has 1 aliphatic rings. The van der Waals surface area contributed by atoms with Gasteiger partial charge in [0.25, 0.3) is 0 Å². The molecule has 3 N–H and O–H groups in total. The van der Waals surface area contributed by atoms with Crippen molar-refractivity contribution in [3.8, 4) is 23.1 Å². The molecule has 124 valence electrons. The molecule has 1 fully saturated rings. The van der Waals surface area contributed by atoms with E-state index in [-0.39, 0.29) is 23.1 Å². The lowest BCUT2D eigenvalue weighted by Crippen LogP contribution is -2.33. The molecule has 1 aromatic carbocycles. The van der Waals surface area contributed by atoms with Crippen LogP contribution in [0.2, 0.25) is 0 Å². The van der Waals surface area contributed by atoms with E-state index < -0.39 is 0 Å². The highest BCUT2D eigenvalue weighted by molar-refractivity contribution is 5.67. The van der Waals surface area contributed by atoms with E-state index in [0.717, 1.165) is 24.0 Å². The Morgan fingerprint density at radius 2 is 2.17 bits per heavy atom.